The smallest absolute Gasteiger partial charge is 0.431 e. The van der Waals surface area contributed by atoms with E-state index in [4.69, 9.17) is 33.2 Å². The monoisotopic (exact) mass is 973 g/mol. The maximum Gasteiger partial charge on any atom is 0.431 e. The summed E-state index contributed by atoms with van der Waals surface area (Å²) in [6.07, 6.45) is 7.79. The third-order valence-electron chi connectivity index (χ3n) is 14.4. The zero-order valence-corrected chi connectivity index (χ0v) is 42.5. The van der Waals surface area contributed by atoms with Crippen molar-refractivity contribution in [3.05, 3.63) is 203 Å². The van der Waals surface area contributed by atoms with Crippen LogP contribution in [0, 0.1) is 0 Å². The lowest BCUT2D eigenvalue weighted by atomic mass is 9.73. The normalized spacial score (nSPS) is 19.1. The van der Waals surface area contributed by atoms with E-state index in [1.54, 1.807) is 41.6 Å². The number of urea groups is 1. The Morgan fingerprint density at radius 1 is 0.556 bits per heavy atom. The molecule has 8 rings (SSSR count). The van der Waals surface area contributed by atoms with Crippen LogP contribution in [0.15, 0.2) is 169 Å². The SMILES string of the molecule is CCCCCCCCCO[C@H]1C[C@H]([N+]2(C(c3ccccc3)(c3ccc(OC)cc3)c3ccc(OC)cc3)C=C(C)C(=O)NC2=O)O[C@@H]1COC(c1ccccc1)(c1ccc(OC)cc1)c1ccc(OC)cc1. The average molecular weight is 974 g/mol. The molecule has 1 saturated heterocycles. The first-order valence-corrected chi connectivity index (χ1v) is 25.2. The molecule has 0 spiro atoms. The van der Waals surface area contributed by atoms with Crippen LogP contribution in [0.5, 0.6) is 23.0 Å². The second kappa shape index (κ2) is 23.6. The predicted octanol–water partition coefficient (Wildman–Crippen LogP) is 12.2. The van der Waals surface area contributed by atoms with Crippen LogP contribution >= 0.6 is 0 Å². The fraction of sp³-hybridized carbons (Fsp3) is 0.344. The van der Waals surface area contributed by atoms with Crippen LogP contribution in [-0.2, 0) is 30.1 Å². The van der Waals surface area contributed by atoms with Gasteiger partial charge in [0.1, 0.15) is 40.9 Å². The second-order valence-corrected chi connectivity index (χ2v) is 18.6. The number of carbonyl (C=O) groups excluding carboxylic acids is 2. The van der Waals surface area contributed by atoms with E-state index >= 15 is 4.79 Å². The lowest BCUT2D eigenvalue weighted by Gasteiger charge is -2.52. The number of methoxy groups -OCH3 is 4. The van der Waals surface area contributed by atoms with E-state index in [0.717, 1.165) is 52.6 Å². The van der Waals surface area contributed by atoms with Gasteiger partial charge in [0.2, 0.25) is 6.23 Å². The molecule has 0 bridgehead atoms. The molecule has 4 atom stereocenters. The summed E-state index contributed by atoms with van der Waals surface area (Å²) >= 11 is 0. The Morgan fingerprint density at radius 3 is 1.44 bits per heavy atom. The minimum Gasteiger partial charge on any atom is -0.497 e. The highest BCUT2D eigenvalue weighted by Gasteiger charge is 2.67. The number of carbonyl (C=O) groups is 2. The topological polar surface area (TPSA) is 111 Å². The summed E-state index contributed by atoms with van der Waals surface area (Å²) in [6.45, 7) is 4.52. The number of quaternary nitrogens is 1. The van der Waals surface area contributed by atoms with Gasteiger partial charge in [0, 0.05) is 23.3 Å². The van der Waals surface area contributed by atoms with Crippen LogP contribution in [0.1, 0.15) is 98.6 Å². The number of hydrogen-bond acceptors (Lipinski definition) is 9. The van der Waals surface area contributed by atoms with Crippen molar-refractivity contribution in [2.24, 2.45) is 0 Å². The number of nitrogens with one attached hydrogen (secondary N) is 1. The Bertz CT molecular complexity index is 2620. The lowest BCUT2D eigenvalue weighted by Crippen LogP contribution is -2.72. The average Bonchev–Trinajstić information content (AvgIpc) is 3.85. The predicted molar refractivity (Wildman–Crippen MR) is 279 cm³/mol. The van der Waals surface area contributed by atoms with Gasteiger partial charge < -0.3 is 33.2 Å². The summed E-state index contributed by atoms with van der Waals surface area (Å²) in [5.74, 6) is 2.24. The quantitative estimate of drug-likeness (QED) is 0.0360. The van der Waals surface area contributed by atoms with Gasteiger partial charge in [-0.25, -0.2) is 10.1 Å². The van der Waals surface area contributed by atoms with Crippen molar-refractivity contribution in [1.29, 1.82) is 0 Å². The minimum atomic E-state index is -1.38. The van der Waals surface area contributed by atoms with Gasteiger partial charge in [-0.3, -0.25) is 4.79 Å². The summed E-state index contributed by atoms with van der Waals surface area (Å²) < 4.78 is 44.3. The Balaban J connectivity index is 1.31. The first-order chi connectivity index (χ1) is 35.2. The van der Waals surface area contributed by atoms with Crippen LogP contribution < -0.4 is 24.3 Å². The first-order valence-electron chi connectivity index (χ1n) is 25.2. The molecule has 6 aromatic rings. The fourth-order valence-electron chi connectivity index (χ4n) is 10.7. The number of hydrogen-bond donors (Lipinski definition) is 1. The number of nitrogens with zero attached hydrogens (tertiary/aromatic N) is 1. The van der Waals surface area contributed by atoms with Crippen LogP contribution in [0.4, 0.5) is 4.79 Å². The molecule has 72 heavy (non-hydrogen) atoms. The van der Waals surface area contributed by atoms with Crippen molar-refractivity contribution in [1.82, 2.24) is 5.32 Å². The zero-order chi connectivity index (χ0) is 50.6. The van der Waals surface area contributed by atoms with Gasteiger partial charge in [-0.1, -0.05) is 130 Å². The molecule has 376 valence electrons. The largest absolute Gasteiger partial charge is 0.497 e. The lowest BCUT2D eigenvalue weighted by molar-refractivity contribution is -0.897. The van der Waals surface area contributed by atoms with Crippen molar-refractivity contribution in [2.45, 2.75) is 94.8 Å². The summed E-state index contributed by atoms with van der Waals surface area (Å²) in [5.41, 5.74) is 2.77. The van der Waals surface area contributed by atoms with E-state index < -0.39 is 46.0 Å². The maximum atomic E-state index is 15.8. The van der Waals surface area contributed by atoms with Crippen LogP contribution in [0.25, 0.3) is 0 Å². The number of rotatable bonds is 24. The van der Waals surface area contributed by atoms with Gasteiger partial charge >= 0.3 is 6.03 Å². The molecule has 0 aromatic heterocycles. The third-order valence-corrected chi connectivity index (χ3v) is 14.4. The Labute approximate surface area is 425 Å². The molecular formula is C61H69N2O9+. The standard InChI is InChI=1S/C61H68N2O9/c1-7-8-9-10-11-12-19-40-70-55-41-57(72-56(55)43-71-61(48-22-17-14-18-23-48,49-28-36-53(68-5)37-29-49)50-30-38-54(69-6)39-31-50)63(42-44(2)58(64)62-59(63)65)60(45-20-15-13-16-21-45,46-24-32-51(66-3)33-25-46)47-26-34-52(67-4)35-27-47/h13-18,20-39,42,55-57H,7-12,19,40-41,43H2,1-6H3/p+1/t55-,56+,57+,63?/m0/s1. The van der Waals surface area contributed by atoms with Crippen molar-refractivity contribution in [3.8, 4) is 23.0 Å². The van der Waals surface area contributed by atoms with E-state index in [-0.39, 0.29) is 13.0 Å². The molecule has 2 aliphatic heterocycles. The van der Waals surface area contributed by atoms with Crippen LogP contribution in [-0.4, -0.2) is 76.5 Å². The van der Waals surface area contributed by atoms with E-state index in [0.29, 0.717) is 35.2 Å². The van der Waals surface area contributed by atoms with Gasteiger partial charge in [0.15, 0.2) is 5.54 Å². The highest BCUT2D eigenvalue weighted by atomic mass is 16.6. The van der Waals surface area contributed by atoms with Crippen molar-refractivity contribution < 1.29 is 47.2 Å². The third kappa shape index (κ3) is 10.2. The highest BCUT2D eigenvalue weighted by molar-refractivity contribution is 6.04. The molecule has 0 aliphatic carbocycles. The fourth-order valence-corrected chi connectivity index (χ4v) is 10.7. The first kappa shape index (κ1) is 51.6. The maximum absolute atomic E-state index is 15.8. The Morgan fingerprint density at radius 2 is 0.972 bits per heavy atom. The summed E-state index contributed by atoms with van der Waals surface area (Å²) in [5, 5.41) is 2.81. The molecule has 0 saturated carbocycles. The summed E-state index contributed by atoms with van der Waals surface area (Å²) in [4.78, 5) is 29.6. The number of unbranched alkanes of at least 4 members (excludes halogenated alkanes) is 6. The summed E-state index contributed by atoms with van der Waals surface area (Å²) in [7, 11) is 6.56. The molecule has 1 unspecified atom stereocenters. The Kier molecular flexibility index (Phi) is 16.9. The van der Waals surface area contributed by atoms with Gasteiger partial charge in [0.25, 0.3) is 5.91 Å². The van der Waals surface area contributed by atoms with Crippen molar-refractivity contribution >= 4 is 11.9 Å². The van der Waals surface area contributed by atoms with Crippen LogP contribution in [0.2, 0.25) is 0 Å². The highest BCUT2D eigenvalue weighted by Crippen LogP contribution is 2.54. The van der Waals surface area contributed by atoms with Gasteiger partial charge in [-0.05, 0) is 103 Å². The number of imide groups is 1. The van der Waals surface area contributed by atoms with Crippen LogP contribution in [0.3, 0.4) is 0 Å². The molecular weight excluding hydrogens is 905 g/mol. The van der Waals surface area contributed by atoms with E-state index in [9.17, 15) is 4.79 Å². The number of ether oxygens (including phenoxy) is 7. The molecule has 2 aliphatic rings. The number of benzene rings is 6. The molecule has 11 nitrogen and oxygen atoms in total. The van der Waals surface area contributed by atoms with Gasteiger partial charge in [0.05, 0.1) is 53.1 Å². The molecule has 6 aromatic carbocycles. The van der Waals surface area contributed by atoms with Crippen molar-refractivity contribution in [3.63, 3.8) is 0 Å². The van der Waals surface area contributed by atoms with Crippen molar-refractivity contribution in [2.75, 3.05) is 41.7 Å². The molecule has 11 heteroatoms. The van der Waals surface area contributed by atoms with E-state index in [1.807, 2.05) is 146 Å². The van der Waals surface area contributed by atoms with Gasteiger partial charge in [-0.15, -0.1) is 0 Å². The zero-order valence-electron chi connectivity index (χ0n) is 42.5. The molecule has 1 fully saturated rings. The van der Waals surface area contributed by atoms with E-state index in [1.165, 1.54) is 25.7 Å². The molecule has 1 N–H and O–H groups in total. The molecule has 2 heterocycles. The molecule has 3 amide bonds. The van der Waals surface area contributed by atoms with Gasteiger partial charge in [-0.2, -0.15) is 4.48 Å². The minimum absolute atomic E-state index is 0.0534. The molecule has 0 radical (unpaired) electrons. The summed E-state index contributed by atoms with van der Waals surface area (Å²) in [6, 6.07) is 51.0. The Hall–Kier alpha value is -6.76. The van der Waals surface area contributed by atoms with E-state index in [2.05, 4.69) is 24.4 Å². The second-order valence-electron chi connectivity index (χ2n) is 18.6. The number of amides is 3.